The summed E-state index contributed by atoms with van der Waals surface area (Å²) in [6, 6.07) is 8.60. The molecule has 3 aliphatic rings. The Kier molecular flexibility index (Phi) is 6.60. The molecule has 6 heterocycles. The number of nitrogens with one attached hydrogen (secondary N) is 1. The van der Waals surface area contributed by atoms with Crippen LogP contribution >= 0.6 is 0 Å². The molecule has 2 saturated heterocycles. The molecule has 3 aliphatic heterocycles. The highest BCUT2D eigenvalue weighted by molar-refractivity contribution is 6.10. The van der Waals surface area contributed by atoms with Crippen molar-refractivity contribution in [3.8, 4) is 5.75 Å². The van der Waals surface area contributed by atoms with Gasteiger partial charge in [0.1, 0.15) is 28.3 Å². The number of amides is 3. The third-order valence-corrected chi connectivity index (χ3v) is 8.45. The first-order chi connectivity index (χ1) is 21.4. The highest BCUT2D eigenvalue weighted by Crippen LogP contribution is 2.39. The fourth-order valence-electron chi connectivity index (χ4n) is 6.15. The van der Waals surface area contributed by atoms with E-state index in [0.717, 1.165) is 11.4 Å². The predicted molar refractivity (Wildman–Crippen MR) is 155 cm³/mol. The first-order valence-electron chi connectivity index (χ1n) is 14.1. The number of hydrogen-bond donors (Lipinski definition) is 2. The summed E-state index contributed by atoms with van der Waals surface area (Å²) in [5, 5.41) is 15.9. The summed E-state index contributed by atoms with van der Waals surface area (Å²) in [5.41, 5.74) is 1.19. The van der Waals surface area contributed by atoms with Crippen molar-refractivity contribution < 1.29 is 28.7 Å². The number of amidine groups is 1. The molecule has 3 amide bonds. The van der Waals surface area contributed by atoms with Gasteiger partial charge in [0.15, 0.2) is 11.4 Å². The maximum absolute atomic E-state index is 13.4. The number of methoxy groups -OCH3 is 1. The van der Waals surface area contributed by atoms with Crippen LogP contribution in [0.3, 0.4) is 0 Å². The highest BCUT2D eigenvalue weighted by atomic mass is 16.5. The molecule has 1 atom stereocenters. The summed E-state index contributed by atoms with van der Waals surface area (Å²) >= 11 is 0. The van der Waals surface area contributed by atoms with E-state index in [2.05, 4.69) is 30.3 Å². The summed E-state index contributed by atoms with van der Waals surface area (Å²) < 4.78 is 11.5. The molecule has 0 aliphatic carbocycles. The molecule has 44 heavy (non-hydrogen) atoms. The van der Waals surface area contributed by atoms with E-state index >= 15 is 0 Å². The molecule has 0 bridgehead atoms. The number of aromatic nitrogens is 3. The monoisotopic (exact) mass is 596 g/mol. The lowest BCUT2D eigenvalue weighted by molar-refractivity contribution is -0.127. The number of imide groups is 1. The average molecular weight is 597 g/mol. The van der Waals surface area contributed by atoms with E-state index in [1.165, 1.54) is 7.11 Å². The predicted octanol–water partition coefficient (Wildman–Crippen LogP) is 1.52. The maximum Gasteiger partial charge on any atom is 0.254 e. The Morgan fingerprint density at radius 2 is 1.93 bits per heavy atom. The highest BCUT2D eigenvalue weighted by Gasteiger charge is 2.53. The minimum absolute atomic E-state index is 0.0630. The molecular formula is C30H28N8O6. The molecule has 4 aromatic rings. The molecule has 1 aromatic carbocycles. The van der Waals surface area contributed by atoms with Crippen LogP contribution in [0.1, 0.15) is 33.7 Å². The number of benzene rings is 1. The van der Waals surface area contributed by atoms with Gasteiger partial charge in [0.2, 0.25) is 11.8 Å². The second-order valence-corrected chi connectivity index (χ2v) is 11.0. The number of carbonyl (C=O) groups is 3. The zero-order chi connectivity index (χ0) is 30.4. The van der Waals surface area contributed by atoms with Gasteiger partial charge in [-0.3, -0.25) is 29.7 Å². The van der Waals surface area contributed by atoms with Gasteiger partial charge in [-0.1, -0.05) is 11.2 Å². The van der Waals surface area contributed by atoms with Crippen molar-refractivity contribution in [3.05, 3.63) is 77.6 Å². The van der Waals surface area contributed by atoms with E-state index in [-0.39, 0.29) is 31.2 Å². The molecule has 0 spiro atoms. The van der Waals surface area contributed by atoms with Crippen LogP contribution in [0.5, 0.6) is 5.75 Å². The Bertz CT molecular complexity index is 1820. The number of nitrogens with zero attached hydrogens (tertiary/aromatic N) is 7. The van der Waals surface area contributed by atoms with E-state index in [1.807, 2.05) is 11.0 Å². The first kappa shape index (κ1) is 27.3. The summed E-state index contributed by atoms with van der Waals surface area (Å²) in [7, 11) is 1.53. The quantitative estimate of drug-likeness (QED) is 0.109. The van der Waals surface area contributed by atoms with Crippen LogP contribution in [0.15, 0.2) is 64.7 Å². The molecule has 14 heteroatoms. The third kappa shape index (κ3) is 4.55. The molecule has 7 rings (SSSR count). The van der Waals surface area contributed by atoms with Crippen molar-refractivity contribution in [2.24, 2.45) is 5.16 Å². The molecule has 14 nitrogen and oxygen atoms in total. The Balaban J connectivity index is 1.15. The second kappa shape index (κ2) is 10.6. The second-order valence-electron chi connectivity index (χ2n) is 11.0. The van der Waals surface area contributed by atoms with E-state index in [4.69, 9.17) is 9.15 Å². The Labute approximate surface area is 250 Å². The average Bonchev–Trinajstić information content (AvgIpc) is 3.71. The van der Waals surface area contributed by atoms with Gasteiger partial charge in [-0.2, -0.15) is 0 Å². The molecule has 2 fully saturated rings. The zero-order valence-corrected chi connectivity index (χ0v) is 23.8. The van der Waals surface area contributed by atoms with Gasteiger partial charge < -0.3 is 29.1 Å². The smallest absolute Gasteiger partial charge is 0.254 e. The largest absolute Gasteiger partial charge is 0.497 e. The molecule has 0 radical (unpaired) electrons. The van der Waals surface area contributed by atoms with E-state index in [1.54, 1.807) is 54.0 Å². The van der Waals surface area contributed by atoms with Crippen LogP contribution in [-0.2, 0) is 21.5 Å². The minimum Gasteiger partial charge on any atom is -0.497 e. The fraction of sp³-hybridized carbons (Fsp3) is 0.300. The van der Waals surface area contributed by atoms with Crippen molar-refractivity contribution in [2.75, 3.05) is 44.7 Å². The Morgan fingerprint density at radius 1 is 1.09 bits per heavy atom. The zero-order valence-electron chi connectivity index (χ0n) is 23.8. The maximum atomic E-state index is 13.4. The number of rotatable bonds is 6. The summed E-state index contributed by atoms with van der Waals surface area (Å²) in [4.78, 5) is 57.8. The van der Waals surface area contributed by atoms with Crippen LogP contribution in [0, 0.1) is 0 Å². The SMILES string of the molecule is COc1ccc2c(c1)C(=O)N(C[C@@]1(c3cc4ncc(/C(=N/O)N5CCN(c6cnccn6)CC5)cc4o3)CC(=O)NC1=O)C2. The van der Waals surface area contributed by atoms with Gasteiger partial charge in [-0.05, 0) is 23.8 Å². The standard InChI is InChI=1S/C30H28N8O6/c1-43-20-3-2-18-16-38(28(40)21(18)11-20)17-30(13-26(39)34-29(30)41)24-12-22-23(44-24)10-19(14-33-22)27(35-42)37-8-6-36(7-9-37)25-15-31-4-5-32-25/h2-5,10-12,14-15,42H,6-9,13,16-17H2,1H3,(H,34,39,41)/b35-27-/t30-/m1/s1. The van der Waals surface area contributed by atoms with E-state index in [9.17, 15) is 19.6 Å². The van der Waals surface area contributed by atoms with Crippen molar-refractivity contribution in [3.63, 3.8) is 0 Å². The van der Waals surface area contributed by atoms with Crippen LogP contribution in [-0.4, -0.2) is 93.3 Å². The Hall–Kier alpha value is -5.53. The van der Waals surface area contributed by atoms with Crippen molar-refractivity contribution in [1.29, 1.82) is 0 Å². The molecule has 0 unspecified atom stereocenters. The molecule has 224 valence electrons. The van der Waals surface area contributed by atoms with Crippen molar-refractivity contribution >= 4 is 40.5 Å². The lowest BCUT2D eigenvalue weighted by atomic mass is 9.82. The normalized spacial score (nSPS) is 20.4. The Morgan fingerprint density at radius 3 is 2.64 bits per heavy atom. The minimum atomic E-state index is -1.44. The van der Waals surface area contributed by atoms with Gasteiger partial charge in [-0.15, -0.1) is 0 Å². The third-order valence-electron chi connectivity index (χ3n) is 8.45. The van der Waals surface area contributed by atoms with Crippen molar-refractivity contribution in [2.45, 2.75) is 18.4 Å². The molecule has 3 aromatic heterocycles. The summed E-state index contributed by atoms with van der Waals surface area (Å²) in [6.45, 7) is 2.66. The van der Waals surface area contributed by atoms with Gasteiger partial charge in [0, 0.05) is 75.1 Å². The van der Waals surface area contributed by atoms with E-state index in [0.29, 0.717) is 60.0 Å². The van der Waals surface area contributed by atoms with Crippen LogP contribution in [0.25, 0.3) is 11.1 Å². The molecule has 2 N–H and O–H groups in total. The van der Waals surface area contributed by atoms with Gasteiger partial charge >= 0.3 is 0 Å². The number of piperazine rings is 1. The number of hydrogen-bond acceptors (Lipinski definition) is 11. The van der Waals surface area contributed by atoms with Crippen LogP contribution in [0.4, 0.5) is 5.82 Å². The van der Waals surface area contributed by atoms with Crippen molar-refractivity contribution in [1.82, 2.24) is 30.1 Å². The number of anilines is 1. The van der Waals surface area contributed by atoms with Crippen LogP contribution < -0.4 is 15.0 Å². The van der Waals surface area contributed by atoms with Gasteiger partial charge in [-0.25, -0.2) is 4.98 Å². The lowest BCUT2D eigenvalue weighted by Gasteiger charge is -2.36. The van der Waals surface area contributed by atoms with E-state index < -0.39 is 17.2 Å². The van der Waals surface area contributed by atoms with Gasteiger partial charge in [0.25, 0.3) is 5.91 Å². The number of carbonyl (C=O) groups excluding carboxylic acids is 3. The number of ether oxygens (including phenoxy) is 1. The molecular weight excluding hydrogens is 568 g/mol. The van der Waals surface area contributed by atoms with Crippen LogP contribution in [0.2, 0.25) is 0 Å². The number of pyridine rings is 1. The lowest BCUT2D eigenvalue weighted by Crippen LogP contribution is -2.49. The fourth-order valence-corrected chi connectivity index (χ4v) is 6.15. The molecule has 0 saturated carbocycles. The summed E-state index contributed by atoms with van der Waals surface area (Å²) in [5.74, 6) is 0.637. The topological polar surface area (TPSA) is 167 Å². The number of fused-ring (bicyclic) bond motifs is 2. The summed E-state index contributed by atoms with van der Waals surface area (Å²) in [6.07, 6.45) is 6.38. The first-order valence-corrected chi connectivity index (χ1v) is 14.1. The number of furan rings is 1. The van der Waals surface area contributed by atoms with Gasteiger partial charge in [0.05, 0.1) is 19.7 Å². The number of oxime groups is 1.